The van der Waals surface area contributed by atoms with Gasteiger partial charge in [0, 0.05) is 50.0 Å². The molecule has 0 unspecified atom stereocenters. The fraction of sp³-hybridized carbons (Fsp3) is 0.389. The van der Waals surface area contributed by atoms with Crippen molar-refractivity contribution in [3.8, 4) is 0 Å². The minimum atomic E-state index is -0.0320. The Morgan fingerprint density at radius 1 is 1.12 bits per heavy atom. The van der Waals surface area contributed by atoms with Gasteiger partial charge in [0.05, 0.1) is 10.0 Å². The molecule has 8 heteroatoms. The molecule has 1 amide bonds. The number of aromatic nitrogens is 2. The van der Waals surface area contributed by atoms with Gasteiger partial charge in [-0.2, -0.15) is 4.98 Å². The molecule has 1 aromatic carbocycles. The van der Waals surface area contributed by atoms with E-state index < -0.39 is 0 Å². The normalized spacial score (nSPS) is 14.5. The molecule has 3 rings (SSSR count). The van der Waals surface area contributed by atoms with Crippen molar-refractivity contribution < 1.29 is 4.79 Å². The van der Waals surface area contributed by atoms with Gasteiger partial charge in [0.2, 0.25) is 5.95 Å². The first-order chi connectivity index (χ1) is 12.5. The molecule has 0 atom stereocenters. The Bertz CT molecular complexity index is 806. The van der Waals surface area contributed by atoms with Crippen LogP contribution < -0.4 is 10.2 Å². The SMILES string of the molecule is CCNc1nc(C)cc(N2CCN(C(=O)c3ccc(Cl)c(Cl)c3)CC2)n1. The summed E-state index contributed by atoms with van der Waals surface area (Å²) in [6.45, 7) is 7.42. The molecule has 2 heterocycles. The van der Waals surface area contributed by atoms with Crippen LogP contribution in [0, 0.1) is 6.92 Å². The van der Waals surface area contributed by atoms with Crippen LogP contribution in [0.2, 0.25) is 10.0 Å². The summed E-state index contributed by atoms with van der Waals surface area (Å²) in [7, 11) is 0. The third-order valence-corrected chi connectivity index (χ3v) is 4.97. The summed E-state index contributed by atoms with van der Waals surface area (Å²) in [4.78, 5) is 25.6. The van der Waals surface area contributed by atoms with Gasteiger partial charge in [-0.05, 0) is 32.0 Å². The van der Waals surface area contributed by atoms with Crippen LogP contribution in [0.25, 0.3) is 0 Å². The average molecular weight is 394 g/mol. The van der Waals surface area contributed by atoms with Crippen LogP contribution in [0.4, 0.5) is 11.8 Å². The van der Waals surface area contributed by atoms with Crippen LogP contribution in [0.3, 0.4) is 0 Å². The van der Waals surface area contributed by atoms with Gasteiger partial charge in [-0.15, -0.1) is 0 Å². The second-order valence-corrected chi connectivity index (χ2v) is 6.94. The van der Waals surface area contributed by atoms with Crippen LogP contribution in [0.15, 0.2) is 24.3 Å². The van der Waals surface area contributed by atoms with Crippen LogP contribution >= 0.6 is 23.2 Å². The highest BCUT2D eigenvalue weighted by atomic mass is 35.5. The summed E-state index contributed by atoms with van der Waals surface area (Å²) in [5.74, 6) is 1.49. The molecule has 0 aliphatic carbocycles. The standard InChI is InChI=1S/C18H21Cl2N5O/c1-3-21-18-22-12(2)10-16(23-18)24-6-8-25(9-7-24)17(26)13-4-5-14(19)15(20)11-13/h4-5,10-11H,3,6-9H2,1-2H3,(H,21,22,23). The molecule has 1 N–H and O–H groups in total. The van der Waals surface area contributed by atoms with E-state index >= 15 is 0 Å². The number of halogens is 2. The second kappa shape index (κ2) is 8.10. The van der Waals surface area contributed by atoms with Gasteiger partial charge in [-0.3, -0.25) is 4.79 Å². The number of amides is 1. The van der Waals surface area contributed by atoms with Crippen molar-refractivity contribution in [2.24, 2.45) is 0 Å². The van der Waals surface area contributed by atoms with E-state index in [1.807, 2.05) is 24.8 Å². The number of nitrogens with zero attached hydrogens (tertiary/aromatic N) is 4. The Morgan fingerprint density at radius 3 is 2.50 bits per heavy atom. The van der Waals surface area contributed by atoms with E-state index in [-0.39, 0.29) is 5.91 Å². The summed E-state index contributed by atoms with van der Waals surface area (Å²) >= 11 is 11.9. The molecule has 1 aliphatic heterocycles. The fourth-order valence-electron chi connectivity index (χ4n) is 2.90. The molecular weight excluding hydrogens is 373 g/mol. The highest BCUT2D eigenvalue weighted by Gasteiger charge is 2.23. The van der Waals surface area contributed by atoms with E-state index in [0.29, 0.717) is 34.6 Å². The number of piperazine rings is 1. The lowest BCUT2D eigenvalue weighted by molar-refractivity contribution is 0.0746. The maximum atomic E-state index is 12.7. The number of aryl methyl sites for hydroxylation is 1. The van der Waals surface area contributed by atoms with Gasteiger partial charge in [0.1, 0.15) is 5.82 Å². The van der Waals surface area contributed by atoms with Crippen molar-refractivity contribution >= 4 is 40.9 Å². The zero-order chi connectivity index (χ0) is 18.7. The molecule has 1 saturated heterocycles. The van der Waals surface area contributed by atoms with Crippen LogP contribution in [-0.2, 0) is 0 Å². The molecule has 1 fully saturated rings. The molecule has 0 spiro atoms. The highest BCUT2D eigenvalue weighted by molar-refractivity contribution is 6.42. The summed E-state index contributed by atoms with van der Waals surface area (Å²) < 4.78 is 0. The van der Waals surface area contributed by atoms with E-state index in [2.05, 4.69) is 20.2 Å². The summed E-state index contributed by atoms with van der Waals surface area (Å²) in [5, 5.41) is 3.99. The van der Waals surface area contributed by atoms with Gasteiger partial charge in [0.25, 0.3) is 5.91 Å². The molecule has 1 aromatic heterocycles. The summed E-state index contributed by atoms with van der Waals surface area (Å²) in [5.41, 5.74) is 1.47. The van der Waals surface area contributed by atoms with Gasteiger partial charge >= 0.3 is 0 Å². The molecular formula is C18H21Cl2N5O. The number of hydrogen-bond acceptors (Lipinski definition) is 5. The van der Waals surface area contributed by atoms with Crippen LogP contribution in [-0.4, -0.2) is 53.5 Å². The van der Waals surface area contributed by atoms with E-state index in [0.717, 1.165) is 31.1 Å². The van der Waals surface area contributed by atoms with Gasteiger partial charge in [0.15, 0.2) is 0 Å². The van der Waals surface area contributed by atoms with Gasteiger partial charge < -0.3 is 15.1 Å². The Balaban J connectivity index is 1.67. The molecule has 2 aromatic rings. The number of carbonyl (C=O) groups is 1. The van der Waals surface area contributed by atoms with Crippen LogP contribution in [0.5, 0.6) is 0 Å². The molecule has 138 valence electrons. The Kier molecular flexibility index (Phi) is 5.84. The lowest BCUT2D eigenvalue weighted by atomic mass is 10.2. The minimum absolute atomic E-state index is 0.0320. The molecule has 0 saturated carbocycles. The number of nitrogens with one attached hydrogen (secondary N) is 1. The number of anilines is 2. The maximum Gasteiger partial charge on any atom is 0.254 e. The van der Waals surface area contributed by atoms with E-state index in [1.165, 1.54) is 0 Å². The summed E-state index contributed by atoms with van der Waals surface area (Å²) in [6.07, 6.45) is 0. The number of rotatable bonds is 4. The molecule has 26 heavy (non-hydrogen) atoms. The van der Waals surface area contributed by atoms with Crippen molar-refractivity contribution in [2.45, 2.75) is 13.8 Å². The Morgan fingerprint density at radius 2 is 1.85 bits per heavy atom. The van der Waals surface area contributed by atoms with Crippen molar-refractivity contribution in [3.63, 3.8) is 0 Å². The second-order valence-electron chi connectivity index (χ2n) is 6.13. The van der Waals surface area contributed by atoms with Gasteiger partial charge in [-0.1, -0.05) is 23.2 Å². The summed E-state index contributed by atoms with van der Waals surface area (Å²) in [6, 6.07) is 6.95. The average Bonchev–Trinajstić information content (AvgIpc) is 2.63. The van der Waals surface area contributed by atoms with Crippen molar-refractivity contribution in [3.05, 3.63) is 45.6 Å². The van der Waals surface area contributed by atoms with Crippen molar-refractivity contribution in [2.75, 3.05) is 42.9 Å². The minimum Gasteiger partial charge on any atom is -0.354 e. The zero-order valence-electron chi connectivity index (χ0n) is 14.8. The maximum absolute atomic E-state index is 12.7. The van der Waals surface area contributed by atoms with E-state index in [1.54, 1.807) is 18.2 Å². The monoisotopic (exact) mass is 393 g/mol. The quantitative estimate of drug-likeness (QED) is 0.861. The predicted octanol–water partition coefficient (Wildman–Crippen LogP) is 3.49. The zero-order valence-corrected chi connectivity index (χ0v) is 16.3. The Labute approximate surface area is 163 Å². The fourth-order valence-corrected chi connectivity index (χ4v) is 3.20. The van der Waals surface area contributed by atoms with Crippen molar-refractivity contribution in [1.82, 2.24) is 14.9 Å². The first-order valence-electron chi connectivity index (χ1n) is 8.56. The lowest BCUT2D eigenvalue weighted by Gasteiger charge is -2.35. The predicted molar refractivity (Wildman–Crippen MR) is 106 cm³/mol. The van der Waals surface area contributed by atoms with Gasteiger partial charge in [-0.25, -0.2) is 4.98 Å². The number of carbonyl (C=O) groups excluding carboxylic acids is 1. The first kappa shape index (κ1) is 18.7. The third-order valence-electron chi connectivity index (χ3n) is 4.23. The van der Waals surface area contributed by atoms with Crippen LogP contribution in [0.1, 0.15) is 23.0 Å². The Hall–Kier alpha value is -2.05. The van der Waals surface area contributed by atoms with E-state index in [4.69, 9.17) is 23.2 Å². The first-order valence-corrected chi connectivity index (χ1v) is 9.32. The van der Waals surface area contributed by atoms with Crippen molar-refractivity contribution in [1.29, 1.82) is 0 Å². The largest absolute Gasteiger partial charge is 0.354 e. The molecule has 6 nitrogen and oxygen atoms in total. The molecule has 0 bridgehead atoms. The van der Waals surface area contributed by atoms with E-state index in [9.17, 15) is 4.79 Å². The smallest absolute Gasteiger partial charge is 0.254 e. The molecule has 1 aliphatic rings. The lowest BCUT2D eigenvalue weighted by Crippen LogP contribution is -2.49. The third kappa shape index (κ3) is 4.19. The topological polar surface area (TPSA) is 61.4 Å². The molecule has 0 radical (unpaired) electrons. The number of benzene rings is 1. The highest BCUT2D eigenvalue weighted by Crippen LogP contribution is 2.24. The number of hydrogen-bond donors (Lipinski definition) is 1.